The molecule has 0 aliphatic heterocycles. The Hall–Kier alpha value is -1.39. The van der Waals surface area contributed by atoms with Gasteiger partial charge >= 0.3 is 0 Å². The molecule has 1 amide bonds. The molecule has 28 heavy (non-hydrogen) atoms. The summed E-state index contributed by atoms with van der Waals surface area (Å²) >= 11 is 0. The zero-order chi connectivity index (χ0) is 20.4. The smallest absolute Gasteiger partial charge is 0.222 e. The van der Waals surface area contributed by atoms with E-state index in [9.17, 15) is 4.79 Å². The second-order valence-electron chi connectivity index (χ2n) is 8.27. The van der Waals surface area contributed by atoms with E-state index in [4.69, 9.17) is 4.74 Å². The Bertz CT molecular complexity index is 594. The van der Waals surface area contributed by atoms with E-state index in [-0.39, 0.29) is 0 Å². The van der Waals surface area contributed by atoms with Crippen molar-refractivity contribution in [2.75, 3.05) is 27.8 Å². The lowest BCUT2D eigenvalue weighted by molar-refractivity contribution is -0.132. The number of hydrogen-bond donors (Lipinski definition) is 1. The quantitative estimate of drug-likeness (QED) is 0.561. The zero-order valence-corrected chi connectivity index (χ0v) is 18.4. The monoisotopic (exact) mass is 388 g/mol. The molecule has 0 saturated heterocycles. The van der Waals surface area contributed by atoms with Gasteiger partial charge in [-0.25, -0.2) is 0 Å². The number of unbranched alkanes of at least 4 members (excludes halogenated alkanes) is 2. The molecule has 0 spiro atoms. The Morgan fingerprint density at radius 2 is 1.96 bits per heavy atom. The van der Waals surface area contributed by atoms with Crippen molar-refractivity contribution in [3.8, 4) is 0 Å². The first-order chi connectivity index (χ1) is 13.6. The first-order valence-corrected chi connectivity index (χ1v) is 11.1. The van der Waals surface area contributed by atoms with Gasteiger partial charge in [0.05, 0.1) is 6.61 Å². The molecule has 0 radical (unpaired) electrons. The lowest BCUT2D eigenvalue weighted by Gasteiger charge is -2.35. The van der Waals surface area contributed by atoms with Gasteiger partial charge in [0.1, 0.15) is 0 Å². The Labute approximate surface area is 172 Å². The van der Waals surface area contributed by atoms with E-state index in [0.29, 0.717) is 24.3 Å². The number of methoxy groups -OCH3 is 1. The van der Waals surface area contributed by atoms with Crippen LogP contribution in [-0.2, 0) is 22.5 Å². The van der Waals surface area contributed by atoms with Crippen LogP contribution in [-0.4, -0.2) is 44.7 Å². The molecule has 4 nitrogen and oxygen atoms in total. The molecular formula is C24H40N2O2. The number of carbonyl (C=O) groups excluding carboxylic acids is 1. The van der Waals surface area contributed by atoms with Gasteiger partial charge in [-0.1, -0.05) is 38.0 Å². The van der Waals surface area contributed by atoms with E-state index in [1.807, 2.05) is 19.0 Å². The van der Waals surface area contributed by atoms with Crippen LogP contribution in [0.4, 0.5) is 0 Å². The maximum Gasteiger partial charge on any atom is 0.222 e. The summed E-state index contributed by atoms with van der Waals surface area (Å²) in [5.74, 6) is 0.940. The third-order valence-electron chi connectivity index (χ3n) is 6.24. The maximum atomic E-state index is 12.4. The van der Waals surface area contributed by atoms with Crippen molar-refractivity contribution in [2.24, 2.45) is 0 Å². The molecule has 1 aliphatic carbocycles. The molecule has 0 unspecified atom stereocenters. The average Bonchev–Trinajstić information content (AvgIpc) is 2.72. The second kappa shape index (κ2) is 12.2. The summed E-state index contributed by atoms with van der Waals surface area (Å²) in [4.78, 5) is 14.5. The van der Waals surface area contributed by atoms with Gasteiger partial charge in [0.2, 0.25) is 5.91 Å². The highest BCUT2D eigenvalue weighted by molar-refractivity contribution is 5.76. The number of amides is 1. The Kier molecular flexibility index (Phi) is 10.0. The molecule has 2 rings (SSSR count). The van der Waals surface area contributed by atoms with Crippen molar-refractivity contribution in [3.63, 3.8) is 0 Å². The van der Waals surface area contributed by atoms with Gasteiger partial charge in [-0.2, -0.15) is 0 Å². The fourth-order valence-electron chi connectivity index (χ4n) is 4.46. The van der Waals surface area contributed by atoms with E-state index in [2.05, 4.69) is 30.4 Å². The topological polar surface area (TPSA) is 41.6 Å². The summed E-state index contributed by atoms with van der Waals surface area (Å²) in [6, 6.07) is 7.37. The lowest BCUT2D eigenvalue weighted by Crippen LogP contribution is -2.39. The van der Waals surface area contributed by atoms with Gasteiger partial charge in [0, 0.05) is 33.2 Å². The summed E-state index contributed by atoms with van der Waals surface area (Å²) in [7, 11) is 5.78. The second-order valence-corrected chi connectivity index (χ2v) is 8.27. The van der Waals surface area contributed by atoms with Gasteiger partial charge in [0.15, 0.2) is 0 Å². The van der Waals surface area contributed by atoms with Crippen LogP contribution in [0.5, 0.6) is 0 Å². The molecular weight excluding hydrogens is 348 g/mol. The first-order valence-electron chi connectivity index (χ1n) is 11.1. The average molecular weight is 389 g/mol. The molecule has 1 aliphatic rings. The zero-order valence-electron chi connectivity index (χ0n) is 18.4. The maximum absolute atomic E-state index is 12.4. The van der Waals surface area contributed by atoms with E-state index in [1.165, 1.54) is 36.0 Å². The minimum absolute atomic E-state index is 0.329. The predicted molar refractivity (Wildman–Crippen MR) is 117 cm³/mol. The largest absolute Gasteiger partial charge is 0.384 e. The van der Waals surface area contributed by atoms with Crippen LogP contribution in [0.15, 0.2) is 18.2 Å². The van der Waals surface area contributed by atoms with Crippen LogP contribution in [0.3, 0.4) is 0 Å². The molecule has 4 heteroatoms. The van der Waals surface area contributed by atoms with Gasteiger partial charge in [0.25, 0.3) is 0 Å². The standard InChI is InChI=1S/C24H40N2O2/c1-5-6-7-8-24(27)26(3)22-12-10-20(11-13-22)23-14-9-19(15-16-28-4)17-21(23)18-25-2/h9,14,17,20,22,25H,5-8,10-13,15-16,18H2,1-4H3/t20-,22-. The number of ether oxygens (including phenoxy) is 1. The fraction of sp³-hybridized carbons (Fsp3) is 0.708. The third kappa shape index (κ3) is 6.59. The predicted octanol–water partition coefficient (Wildman–Crippen LogP) is 4.66. The minimum Gasteiger partial charge on any atom is -0.384 e. The minimum atomic E-state index is 0.329. The fourth-order valence-corrected chi connectivity index (χ4v) is 4.46. The van der Waals surface area contributed by atoms with Crippen LogP contribution in [0.25, 0.3) is 0 Å². The molecule has 0 aromatic heterocycles. The molecule has 1 N–H and O–H groups in total. The molecule has 1 fully saturated rings. The van der Waals surface area contributed by atoms with Gasteiger partial charge < -0.3 is 15.0 Å². The molecule has 1 aromatic rings. The Morgan fingerprint density at radius 3 is 2.61 bits per heavy atom. The Morgan fingerprint density at radius 1 is 1.21 bits per heavy atom. The summed E-state index contributed by atoms with van der Waals surface area (Å²) in [6.45, 7) is 3.86. The molecule has 1 saturated carbocycles. The number of nitrogens with one attached hydrogen (secondary N) is 1. The number of rotatable bonds is 11. The molecule has 0 heterocycles. The number of hydrogen-bond acceptors (Lipinski definition) is 3. The normalized spacial score (nSPS) is 19.6. The van der Waals surface area contributed by atoms with Crippen LogP contribution in [0, 0.1) is 0 Å². The van der Waals surface area contributed by atoms with Crippen LogP contribution >= 0.6 is 0 Å². The van der Waals surface area contributed by atoms with Crippen molar-refractivity contribution in [1.82, 2.24) is 10.2 Å². The summed E-state index contributed by atoms with van der Waals surface area (Å²) < 4.78 is 5.23. The van der Waals surface area contributed by atoms with Crippen LogP contribution in [0.1, 0.15) is 80.9 Å². The van der Waals surface area contributed by atoms with Crippen molar-refractivity contribution >= 4 is 5.91 Å². The third-order valence-corrected chi connectivity index (χ3v) is 6.24. The molecule has 1 aromatic carbocycles. The number of carbonyl (C=O) groups is 1. The van der Waals surface area contributed by atoms with E-state index >= 15 is 0 Å². The van der Waals surface area contributed by atoms with E-state index < -0.39 is 0 Å². The molecule has 0 atom stereocenters. The SMILES string of the molecule is CCCCCC(=O)N(C)[C@H]1CC[C@H](c2ccc(CCOC)cc2CNC)CC1. The first kappa shape index (κ1) is 22.9. The van der Waals surface area contributed by atoms with Gasteiger partial charge in [-0.15, -0.1) is 0 Å². The van der Waals surface area contributed by atoms with Crippen LogP contribution in [0.2, 0.25) is 0 Å². The lowest BCUT2D eigenvalue weighted by atomic mass is 9.79. The van der Waals surface area contributed by atoms with Crippen molar-refractivity contribution in [3.05, 3.63) is 34.9 Å². The summed E-state index contributed by atoms with van der Waals surface area (Å²) in [6.07, 6.45) is 9.59. The Balaban J connectivity index is 1.95. The highest BCUT2D eigenvalue weighted by atomic mass is 16.5. The number of benzene rings is 1. The van der Waals surface area contributed by atoms with Crippen molar-refractivity contribution in [1.29, 1.82) is 0 Å². The van der Waals surface area contributed by atoms with E-state index in [0.717, 1.165) is 45.3 Å². The summed E-state index contributed by atoms with van der Waals surface area (Å²) in [5, 5.41) is 3.33. The van der Waals surface area contributed by atoms with Gasteiger partial charge in [-0.05, 0) is 68.2 Å². The molecule has 158 valence electrons. The summed E-state index contributed by atoms with van der Waals surface area (Å²) in [5.41, 5.74) is 4.26. The van der Waals surface area contributed by atoms with Crippen LogP contribution < -0.4 is 5.32 Å². The highest BCUT2D eigenvalue weighted by Crippen LogP contribution is 2.36. The highest BCUT2D eigenvalue weighted by Gasteiger charge is 2.28. The number of nitrogens with zero attached hydrogens (tertiary/aromatic N) is 1. The molecule has 0 bridgehead atoms. The van der Waals surface area contributed by atoms with Gasteiger partial charge in [-0.3, -0.25) is 4.79 Å². The van der Waals surface area contributed by atoms with Crippen molar-refractivity contribution < 1.29 is 9.53 Å². The van der Waals surface area contributed by atoms with Crippen molar-refractivity contribution in [2.45, 2.75) is 83.2 Å². The van der Waals surface area contributed by atoms with E-state index in [1.54, 1.807) is 7.11 Å².